The summed E-state index contributed by atoms with van der Waals surface area (Å²) in [7, 11) is 0. The van der Waals surface area contributed by atoms with Crippen LogP contribution in [0.15, 0.2) is 0 Å². The predicted molar refractivity (Wildman–Crippen MR) is 84.9 cm³/mol. The monoisotopic (exact) mass is 304 g/mol. The van der Waals surface area contributed by atoms with Gasteiger partial charge in [0.2, 0.25) is 5.91 Å². The highest BCUT2D eigenvalue weighted by Crippen LogP contribution is 2.33. The maximum Gasteiger partial charge on any atom is 0.238 e. The molecule has 0 radical (unpaired) electrons. The minimum Gasteiger partial charge on any atom is -0.335 e. The van der Waals surface area contributed by atoms with Crippen molar-refractivity contribution in [2.45, 2.75) is 75.4 Å². The van der Waals surface area contributed by atoms with E-state index >= 15 is 0 Å². The second kappa shape index (κ2) is 6.55. The Morgan fingerprint density at radius 2 is 2.05 bits per heavy atom. The third kappa shape index (κ3) is 3.61. The van der Waals surface area contributed by atoms with Gasteiger partial charge in [0.25, 0.3) is 0 Å². The SMILES string of the molecule is N#CC1(NC(=O)C(N)CC2CCCCC2)CCN(C2CC2)C1. The van der Waals surface area contributed by atoms with Gasteiger partial charge in [-0.15, -0.1) is 0 Å². The summed E-state index contributed by atoms with van der Waals surface area (Å²) in [5, 5.41) is 12.5. The lowest BCUT2D eigenvalue weighted by molar-refractivity contribution is -0.124. The quantitative estimate of drug-likeness (QED) is 0.807. The van der Waals surface area contributed by atoms with E-state index < -0.39 is 11.6 Å². The van der Waals surface area contributed by atoms with E-state index in [0.717, 1.165) is 19.4 Å². The fraction of sp³-hybridized carbons (Fsp3) is 0.882. The van der Waals surface area contributed by atoms with Crippen LogP contribution in [-0.2, 0) is 4.79 Å². The van der Waals surface area contributed by atoms with Crippen LogP contribution < -0.4 is 11.1 Å². The van der Waals surface area contributed by atoms with Gasteiger partial charge in [0, 0.05) is 19.1 Å². The molecule has 3 rings (SSSR count). The van der Waals surface area contributed by atoms with Gasteiger partial charge in [0.05, 0.1) is 12.1 Å². The molecule has 0 aromatic rings. The summed E-state index contributed by atoms with van der Waals surface area (Å²) in [6, 6.07) is 2.52. The Morgan fingerprint density at radius 3 is 2.68 bits per heavy atom. The van der Waals surface area contributed by atoms with Crippen LogP contribution in [0.1, 0.15) is 57.8 Å². The first-order valence-corrected chi connectivity index (χ1v) is 8.85. The zero-order valence-corrected chi connectivity index (χ0v) is 13.4. The number of amides is 1. The van der Waals surface area contributed by atoms with Crippen molar-refractivity contribution >= 4 is 5.91 Å². The van der Waals surface area contributed by atoms with Crippen LogP contribution in [0.3, 0.4) is 0 Å². The molecule has 3 fully saturated rings. The summed E-state index contributed by atoms with van der Waals surface area (Å²) in [5.41, 5.74) is 5.39. The standard InChI is InChI=1S/C17H28N4O/c18-11-17(8-9-21(12-17)14-6-7-14)20-16(22)15(19)10-13-4-2-1-3-5-13/h13-15H,1-10,12,19H2,(H,20,22). The molecule has 0 bridgehead atoms. The number of hydrogen-bond acceptors (Lipinski definition) is 4. The minimum absolute atomic E-state index is 0.134. The van der Waals surface area contributed by atoms with Gasteiger partial charge in [-0.3, -0.25) is 9.69 Å². The van der Waals surface area contributed by atoms with Crippen molar-refractivity contribution < 1.29 is 4.79 Å². The molecule has 3 N–H and O–H groups in total. The maximum absolute atomic E-state index is 12.4. The molecular weight excluding hydrogens is 276 g/mol. The first kappa shape index (κ1) is 15.8. The minimum atomic E-state index is -0.718. The molecule has 0 spiro atoms. The summed E-state index contributed by atoms with van der Waals surface area (Å²) < 4.78 is 0. The lowest BCUT2D eigenvalue weighted by Gasteiger charge is -2.28. The van der Waals surface area contributed by atoms with Crippen molar-refractivity contribution in [1.29, 1.82) is 5.26 Å². The van der Waals surface area contributed by atoms with E-state index in [0.29, 0.717) is 18.5 Å². The number of nitrogens with zero attached hydrogens (tertiary/aromatic N) is 2. The maximum atomic E-state index is 12.4. The van der Waals surface area contributed by atoms with Gasteiger partial charge in [0.1, 0.15) is 5.54 Å². The van der Waals surface area contributed by atoms with Gasteiger partial charge >= 0.3 is 0 Å². The molecule has 1 saturated heterocycles. The van der Waals surface area contributed by atoms with Crippen LogP contribution >= 0.6 is 0 Å². The summed E-state index contributed by atoms with van der Waals surface area (Å²) in [6.07, 6.45) is 10.2. The summed E-state index contributed by atoms with van der Waals surface area (Å²) in [5.74, 6) is 0.448. The van der Waals surface area contributed by atoms with Gasteiger partial charge < -0.3 is 11.1 Å². The number of nitrogens with two attached hydrogens (primary N) is 1. The number of carbonyl (C=O) groups is 1. The molecular formula is C17H28N4O. The fourth-order valence-electron chi connectivity index (χ4n) is 4.03. The summed E-state index contributed by atoms with van der Waals surface area (Å²) in [6.45, 7) is 1.58. The van der Waals surface area contributed by atoms with Gasteiger partial charge in [-0.25, -0.2) is 0 Å². The first-order chi connectivity index (χ1) is 10.6. The molecule has 2 aliphatic carbocycles. The summed E-state index contributed by atoms with van der Waals surface area (Å²) in [4.78, 5) is 14.8. The first-order valence-electron chi connectivity index (χ1n) is 8.85. The van der Waals surface area contributed by atoms with Gasteiger partial charge in [-0.1, -0.05) is 32.1 Å². The highest BCUT2D eigenvalue weighted by atomic mass is 16.2. The average molecular weight is 304 g/mol. The topological polar surface area (TPSA) is 82.1 Å². The number of carbonyl (C=O) groups excluding carboxylic acids is 1. The smallest absolute Gasteiger partial charge is 0.238 e. The molecule has 122 valence electrons. The lowest BCUT2D eigenvalue weighted by Crippen LogP contribution is -2.54. The van der Waals surface area contributed by atoms with E-state index in [4.69, 9.17) is 5.73 Å². The molecule has 0 aromatic heterocycles. The molecule has 3 aliphatic rings. The highest BCUT2D eigenvalue weighted by Gasteiger charge is 2.45. The van der Waals surface area contributed by atoms with E-state index in [2.05, 4.69) is 16.3 Å². The van der Waals surface area contributed by atoms with Gasteiger partial charge in [0.15, 0.2) is 0 Å². The molecule has 2 unspecified atom stereocenters. The van der Waals surface area contributed by atoms with Crippen molar-refractivity contribution in [3.05, 3.63) is 0 Å². The number of nitriles is 1. The number of hydrogen-bond donors (Lipinski definition) is 2. The summed E-state index contributed by atoms with van der Waals surface area (Å²) >= 11 is 0. The molecule has 1 aliphatic heterocycles. The van der Waals surface area contributed by atoms with Gasteiger partial charge in [-0.2, -0.15) is 5.26 Å². The highest BCUT2D eigenvalue weighted by molar-refractivity contribution is 5.82. The molecule has 5 heteroatoms. The van der Waals surface area contributed by atoms with Gasteiger partial charge in [-0.05, 0) is 31.6 Å². The third-order valence-corrected chi connectivity index (χ3v) is 5.59. The second-order valence-electron chi connectivity index (χ2n) is 7.48. The normalized spacial score (nSPS) is 31.6. The largest absolute Gasteiger partial charge is 0.335 e. The lowest BCUT2D eigenvalue weighted by atomic mass is 9.84. The second-order valence-corrected chi connectivity index (χ2v) is 7.48. The number of rotatable bonds is 5. The van der Waals surface area contributed by atoms with Crippen LogP contribution in [0.2, 0.25) is 0 Å². The van der Waals surface area contributed by atoms with E-state index in [9.17, 15) is 10.1 Å². The molecule has 1 heterocycles. The van der Waals surface area contributed by atoms with Crippen molar-refractivity contribution in [2.75, 3.05) is 13.1 Å². The Bertz CT molecular complexity index is 450. The van der Waals surface area contributed by atoms with Crippen LogP contribution in [0.25, 0.3) is 0 Å². The molecule has 2 saturated carbocycles. The zero-order valence-electron chi connectivity index (χ0n) is 13.4. The van der Waals surface area contributed by atoms with Crippen LogP contribution in [-0.4, -0.2) is 41.5 Å². The third-order valence-electron chi connectivity index (χ3n) is 5.59. The molecule has 0 aromatic carbocycles. The van der Waals surface area contributed by atoms with E-state index in [1.54, 1.807) is 0 Å². The molecule has 2 atom stereocenters. The Labute approximate surface area is 133 Å². The van der Waals surface area contributed by atoms with Crippen molar-refractivity contribution in [3.63, 3.8) is 0 Å². The van der Waals surface area contributed by atoms with Crippen LogP contribution in [0.4, 0.5) is 0 Å². The van der Waals surface area contributed by atoms with Crippen molar-refractivity contribution in [3.8, 4) is 6.07 Å². The Balaban J connectivity index is 1.51. The van der Waals surface area contributed by atoms with Crippen LogP contribution in [0.5, 0.6) is 0 Å². The number of likely N-dealkylation sites (tertiary alicyclic amines) is 1. The van der Waals surface area contributed by atoms with E-state index in [-0.39, 0.29) is 5.91 Å². The molecule has 5 nitrogen and oxygen atoms in total. The molecule has 22 heavy (non-hydrogen) atoms. The fourth-order valence-corrected chi connectivity index (χ4v) is 4.03. The van der Waals surface area contributed by atoms with E-state index in [1.807, 2.05) is 0 Å². The van der Waals surface area contributed by atoms with Crippen molar-refractivity contribution in [2.24, 2.45) is 11.7 Å². The van der Waals surface area contributed by atoms with Crippen molar-refractivity contribution in [1.82, 2.24) is 10.2 Å². The Hall–Kier alpha value is -1.12. The molecule has 1 amide bonds. The van der Waals surface area contributed by atoms with Crippen LogP contribution in [0, 0.1) is 17.2 Å². The Morgan fingerprint density at radius 1 is 1.32 bits per heavy atom. The van der Waals surface area contributed by atoms with E-state index in [1.165, 1.54) is 44.9 Å². The number of nitrogens with one attached hydrogen (secondary N) is 1. The Kier molecular flexibility index (Phi) is 4.70. The zero-order chi connectivity index (χ0) is 15.6. The predicted octanol–water partition coefficient (Wildman–Crippen LogP) is 1.53. The average Bonchev–Trinajstić information content (AvgIpc) is 3.30.